The largest absolute Gasteiger partial charge is 0.392 e. The first-order valence-corrected chi connectivity index (χ1v) is 5.63. The summed E-state index contributed by atoms with van der Waals surface area (Å²) < 4.78 is 2.26. The zero-order valence-electron chi connectivity index (χ0n) is 7.17. The van der Waals surface area contributed by atoms with E-state index < -0.39 is 9.90 Å². The van der Waals surface area contributed by atoms with Gasteiger partial charge in [0.25, 0.3) is 3.79 Å². The highest BCUT2D eigenvalue weighted by molar-refractivity contribution is 7.09. The van der Waals surface area contributed by atoms with Gasteiger partial charge in [-0.15, -0.1) is 0 Å². The molecule has 14 heavy (non-hydrogen) atoms. The molecule has 0 saturated heterocycles. The van der Waals surface area contributed by atoms with Crippen molar-refractivity contribution in [3.8, 4) is 0 Å². The summed E-state index contributed by atoms with van der Waals surface area (Å²) in [5, 5.41) is 12.4. The Kier molecular flexibility index (Phi) is 4.21. The molecule has 4 nitrogen and oxygen atoms in total. The van der Waals surface area contributed by atoms with Gasteiger partial charge < -0.3 is 10.4 Å². The van der Waals surface area contributed by atoms with Crippen LogP contribution in [0.5, 0.6) is 0 Å². The third-order valence-corrected chi connectivity index (χ3v) is 2.41. The topological polar surface area (TPSA) is 58.0 Å². The lowest BCUT2D eigenvalue weighted by atomic mass is 10.4. The third kappa shape index (κ3) is 3.74. The van der Waals surface area contributed by atoms with E-state index in [0.29, 0.717) is 11.7 Å². The van der Waals surface area contributed by atoms with Gasteiger partial charge in [-0.25, -0.2) is 0 Å². The molecule has 0 aliphatic rings. The standard InChI is InChI=1S/C6H8Cl3N3OS/c1-3(13)2-10-5-11-4(12-14-5)6(7,8)9/h3,13H,2H2,1H3,(H,10,11,12)/t3-/m1/s1. The molecule has 1 atom stereocenters. The van der Waals surface area contributed by atoms with Gasteiger partial charge in [0, 0.05) is 18.1 Å². The summed E-state index contributed by atoms with van der Waals surface area (Å²) in [5.74, 6) is 0.139. The lowest BCUT2D eigenvalue weighted by Crippen LogP contribution is -2.15. The maximum absolute atomic E-state index is 9.00. The molecule has 0 aromatic carbocycles. The van der Waals surface area contributed by atoms with Crippen LogP contribution >= 0.6 is 46.3 Å². The highest BCUT2D eigenvalue weighted by Crippen LogP contribution is 2.37. The monoisotopic (exact) mass is 275 g/mol. The quantitative estimate of drug-likeness (QED) is 0.831. The van der Waals surface area contributed by atoms with Gasteiger partial charge in [-0.2, -0.15) is 9.36 Å². The Morgan fingerprint density at radius 3 is 2.64 bits per heavy atom. The van der Waals surface area contributed by atoms with E-state index in [0.717, 1.165) is 11.5 Å². The van der Waals surface area contributed by atoms with Gasteiger partial charge in [0.2, 0.25) is 5.13 Å². The van der Waals surface area contributed by atoms with E-state index in [1.807, 2.05) is 0 Å². The van der Waals surface area contributed by atoms with Crippen molar-refractivity contribution in [3.63, 3.8) is 0 Å². The van der Waals surface area contributed by atoms with Crippen molar-refractivity contribution in [1.29, 1.82) is 0 Å². The normalized spacial score (nSPS) is 14.1. The second-order valence-corrected chi connectivity index (χ2v) is 5.68. The van der Waals surface area contributed by atoms with Crippen LogP contribution < -0.4 is 5.32 Å². The van der Waals surface area contributed by atoms with Gasteiger partial charge >= 0.3 is 0 Å². The predicted molar refractivity (Wildman–Crippen MR) is 59.3 cm³/mol. The number of anilines is 1. The number of nitrogens with zero attached hydrogens (tertiary/aromatic N) is 2. The van der Waals surface area contributed by atoms with Crippen LogP contribution in [0.1, 0.15) is 12.7 Å². The minimum Gasteiger partial charge on any atom is -0.392 e. The number of aromatic nitrogens is 2. The van der Waals surface area contributed by atoms with E-state index >= 15 is 0 Å². The highest BCUT2D eigenvalue weighted by atomic mass is 35.6. The van der Waals surface area contributed by atoms with Crippen molar-refractivity contribution in [2.75, 3.05) is 11.9 Å². The molecule has 1 rings (SSSR count). The minimum absolute atomic E-state index is 0.139. The number of hydrogen-bond donors (Lipinski definition) is 2. The maximum atomic E-state index is 9.00. The maximum Gasteiger partial charge on any atom is 0.251 e. The molecule has 0 radical (unpaired) electrons. The van der Waals surface area contributed by atoms with Gasteiger partial charge in [0.15, 0.2) is 5.82 Å². The summed E-state index contributed by atoms with van der Waals surface area (Å²) in [6.45, 7) is 2.04. The summed E-state index contributed by atoms with van der Waals surface area (Å²) in [6.07, 6.45) is -0.463. The van der Waals surface area contributed by atoms with E-state index in [4.69, 9.17) is 39.9 Å². The van der Waals surface area contributed by atoms with Crippen LogP contribution in [0.4, 0.5) is 5.13 Å². The van der Waals surface area contributed by atoms with Crippen LogP contribution in [-0.2, 0) is 3.79 Å². The lowest BCUT2D eigenvalue weighted by Gasteiger charge is -2.05. The molecule has 1 heterocycles. The Morgan fingerprint density at radius 2 is 2.21 bits per heavy atom. The smallest absolute Gasteiger partial charge is 0.251 e. The molecule has 0 unspecified atom stereocenters. The first-order chi connectivity index (χ1) is 6.39. The zero-order valence-corrected chi connectivity index (χ0v) is 10.3. The van der Waals surface area contributed by atoms with Crippen LogP contribution in [0.25, 0.3) is 0 Å². The van der Waals surface area contributed by atoms with Gasteiger partial charge in [0.1, 0.15) is 0 Å². The van der Waals surface area contributed by atoms with Gasteiger partial charge in [-0.1, -0.05) is 34.8 Å². The van der Waals surface area contributed by atoms with E-state index in [2.05, 4.69) is 14.7 Å². The number of alkyl halides is 3. The lowest BCUT2D eigenvalue weighted by molar-refractivity contribution is 0.208. The first kappa shape index (κ1) is 12.3. The van der Waals surface area contributed by atoms with Crippen molar-refractivity contribution in [3.05, 3.63) is 5.82 Å². The van der Waals surface area contributed by atoms with Crippen LogP contribution in [0, 0.1) is 0 Å². The molecule has 0 saturated carbocycles. The fraction of sp³-hybridized carbons (Fsp3) is 0.667. The number of rotatable bonds is 3. The summed E-state index contributed by atoms with van der Waals surface area (Å²) in [5.41, 5.74) is 0. The van der Waals surface area contributed by atoms with Crippen LogP contribution in [0.15, 0.2) is 0 Å². The number of aliphatic hydroxyl groups excluding tert-OH is 1. The molecule has 1 aromatic rings. The minimum atomic E-state index is -1.60. The second kappa shape index (κ2) is 4.81. The SMILES string of the molecule is C[C@@H](O)CNc1nc(C(Cl)(Cl)Cl)ns1. The summed E-state index contributed by atoms with van der Waals surface area (Å²) >= 11 is 17.8. The Morgan fingerprint density at radius 1 is 1.57 bits per heavy atom. The molecule has 80 valence electrons. The Bertz CT molecular complexity index is 299. The fourth-order valence-corrected chi connectivity index (χ4v) is 1.68. The van der Waals surface area contributed by atoms with Gasteiger partial charge in [0.05, 0.1) is 6.10 Å². The van der Waals surface area contributed by atoms with Crippen molar-refractivity contribution in [2.45, 2.75) is 16.8 Å². The molecule has 0 amide bonds. The molecule has 0 aliphatic carbocycles. The molecule has 0 aliphatic heterocycles. The number of aliphatic hydroxyl groups is 1. The Labute approximate surface area is 100 Å². The van der Waals surface area contributed by atoms with E-state index in [1.165, 1.54) is 0 Å². The molecule has 1 aromatic heterocycles. The number of hydrogen-bond acceptors (Lipinski definition) is 5. The summed E-state index contributed by atoms with van der Waals surface area (Å²) in [6, 6.07) is 0. The van der Waals surface area contributed by atoms with Crippen molar-refractivity contribution in [2.24, 2.45) is 0 Å². The average molecular weight is 277 g/mol. The van der Waals surface area contributed by atoms with Crippen LogP contribution in [-0.4, -0.2) is 27.1 Å². The van der Waals surface area contributed by atoms with Gasteiger partial charge in [-0.05, 0) is 6.92 Å². The second-order valence-electron chi connectivity index (χ2n) is 2.65. The molecular weight excluding hydrogens is 269 g/mol. The Hall–Kier alpha value is 0.190. The molecule has 8 heteroatoms. The van der Waals surface area contributed by atoms with Crippen LogP contribution in [0.2, 0.25) is 0 Å². The summed E-state index contributed by atoms with van der Waals surface area (Å²) in [4.78, 5) is 3.94. The summed E-state index contributed by atoms with van der Waals surface area (Å²) in [7, 11) is 0. The fourth-order valence-electron chi connectivity index (χ4n) is 0.645. The Balaban J connectivity index is 2.60. The zero-order chi connectivity index (χ0) is 10.8. The van der Waals surface area contributed by atoms with Gasteiger partial charge in [-0.3, -0.25) is 0 Å². The molecule has 0 spiro atoms. The number of nitrogens with one attached hydrogen (secondary N) is 1. The van der Waals surface area contributed by atoms with E-state index in [9.17, 15) is 0 Å². The van der Waals surface area contributed by atoms with Crippen molar-refractivity contribution >= 4 is 51.5 Å². The predicted octanol–water partition coefficient (Wildman–Crippen LogP) is 2.16. The average Bonchev–Trinajstić information content (AvgIpc) is 2.47. The molecular formula is C6H8Cl3N3OS. The van der Waals surface area contributed by atoms with Crippen LogP contribution in [0.3, 0.4) is 0 Å². The van der Waals surface area contributed by atoms with E-state index in [1.54, 1.807) is 6.92 Å². The molecule has 0 fully saturated rings. The van der Waals surface area contributed by atoms with Crippen molar-refractivity contribution < 1.29 is 5.11 Å². The third-order valence-electron chi connectivity index (χ3n) is 1.23. The first-order valence-electron chi connectivity index (χ1n) is 3.72. The molecule has 2 N–H and O–H groups in total. The van der Waals surface area contributed by atoms with E-state index in [-0.39, 0.29) is 5.82 Å². The van der Waals surface area contributed by atoms with Crippen molar-refractivity contribution in [1.82, 2.24) is 9.36 Å². The highest BCUT2D eigenvalue weighted by Gasteiger charge is 2.28. The molecule has 0 bridgehead atoms. The number of halogens is 3.